The molecule has 3 fully saturated rings. The minimum absolute atomic E-state index is 0.0893. The number of carbonyl (C=O) groups is 3. The van der Waals surface area contributed by atoms with Gasteiger partial charge in [0.15, 0.2) is 11.6 Å². The maximum absolute atomic E-state index is 12.9. The second-order valence-electron chi connectivity index (χ2n) is 10.3. The molecule has 0 radical (unpaired) electrons. The predicted molar refractivity (Wildman–Crippen MR) is 105 cm³/mol. The molecule has 29 heavy (non-hydrogen) atoms. The van der Waals surface area contributed by atoms with Crippen molar-refractivity contribution in [3.05, 3.63) is 11.6 Å². The van der Waals surface area contributed by atoms with Crippen LogP contribution in [0.2, 0.25) is 0 Å². The third-order valence-electron chi connectivity index (χ3n) is 8.93. The van der Waals surface area contributed by atoms with Crippen LogP contribution in [0.5, 0.6) is 0 Å². The summed E-state index contributed by atoms with van der Waals surface area (Å²) in [7, 11) is 0. The Morgan fingerprint density at radius 2 is 1.93 bits per heavy atom. The van der Waals surface area contributed by atoms with E-state index in [2.05, 4.69) is 13.8 Å². The first kappa shape index (κ1) is 20.7. The molecule has 0 aromatic carbocycles. The summed E-state index contributed by atoms with van der Waals surface area (Å²) in [6.45, 7) is 4.25. The van der Waals surface area contributed by atoms with Gasteiger partial charge in [-0.15, -0.1) is 0 Å². The molecular weight excluding hydrogens is 372 g/mol. The molecule has 4 aliphatic rings. The van der Waals surface area contributed by atoms with Crippen molar-refractivity contribution in [1.82, 2.24) is 0 Å². The van der Waals surface area contributed by atoms with Gasteiger partial charge in [0.25, 0.3) is 0 Å². The lowest BCUT2D eigenvalue weighted by Crippen LogP contribution is -2.57. The number of aliphatic hydroxyl groups is 2. The largest absolute Gasteiger partial charge is 0.481 e. The van der Waals surface area contributed by atoms with Crippen molar-refractivity contribution < 1.29 is 29.7 Å². The highest BCUT2D eigenvalue weighted by Gasteiger charge is 2.63. The van der Waals surface area contributed by atoms with E-state index < -0.39 is 35.9 Å². The molecule has 0 bridgehead atoms. The number of hydrogen-bond acceptors (Lipinski definition) is 5. The Kier molecular flexibility index (Phi) is 5.02. The number of carbonyl (C=O) groups excluding carboxylic acids is 2. The highest BCUT2D eigenvalue weighted by Crippen LogP contribution is 2.66. The van der Waals surface area contributed by atoms with Crippen molar-refractivity contribution >= 4 is 17.5 Å². The van der Waals surface area contributed by atoms with Gasteiger partial charge in [0.05, 0.1) is 12.5 Å². The minimum Gasteiger partial charge on any atom is -0.481 e. The van der Waals surface area contributed by atoms with Crippen LogP contribution < -0.4 is 0 Å². The van der Waals surface area contributed by atoms with Crippen molar-refractivity contribution in [2.75, 3.05) is 0 Å². The van der Waals surface area contributed by atoms with Gasteiger partial charge in [-0.05, 0) is 73.2 Å². The zero-order valence-electron chi connectivity index (χ0n) is 17.3. The van der Waals surface area contributed by atoms with Crippen LogP contribution in [0.3, 0.4) is 0 Å². The molecule has 0 aromatic rings. The molecule has 0 heterocycles. The van der Waals surface area contributed by atoms with E-state index in [1.165, 1.54) is 5.57 Å². The van der Waals surface area contributed by atoms with Crippen molar-refractivity contribution in [3.8, 4) is 0 Å². The number of Topliss-reactive ketones (excluding diaryl/α,β-unsaturated/α-hetero) is 1. The zero-order valence-corrected chi connectivity index (χ0v) is 17.3. The van der Waals surface area contributed by atoms with Gasteiger partial charge in [0.2, 0.25) is 0 Å². The summed E-state index contributed by atoms with van der Waals surface area (Å²) in [4.78, 5) is 35.8. The van der Waals surface area contributed by atoms with E-state index >= 15 is 0 Å². The number of carboxylic acid groups (broad SMARTS) is 1. The molecule has 4 rings (SSSR count). The summed E-state index contributed by atoms with van der Waals surface area (Å²) in [5.74, 6) is -1.13. The monoisotopic (exact) mass is 404 g/mol. The molecular formula is C23H32O6. The molecule has 1 unspecified atom stereocenters. The van der Waals surface area contributed by atoms with Crippen molar-refractivity contribution in [2.24, 2.45) is 34.5 Å². The third-order valence-corrected chi connectivity index (χ3v) is 8.93. The lowest BCUT2D eigenvalue weighted by atomic mass is 9.46. The van der Waals surface area contributed by atoms with Gasteiger partial charge < -0.3 is 15.3 Å². The average Bonchev–Trinajstić information content (AvgIpc) is 2.97. The summed E-state index contributed by atoms with van der Waals surface area (Å²) in [5.41, 5.74) is 0.599. The van der Waals surface area contributed by atoms with Crippen LogP contribution in [-0.4, -0.2) is 45.1 Å². The van der Waals surface area contributed by atoms with Gasteiger partial charge in [-0.2, -0.15) is 0 Å². The summed E-state index contributed by atoms with van der Waals surface area (Å²) in [5, 5.41) is 30.4. The van der Waals surface area contributed by atoms with Gasteiger partial charge in [-0.3, -0.25) is 14.4 Å². The molecule has 8 atom stereocenters. The maximum Gasteiger partial charge on any atom is 0.306 e. The highest BCUT2D eigenvalue weighted by molar-refractivity contribution is 5.91. The fourth-order valence-corrected chi connectivity index (χ4v) is 7.65. The number of allylic oxidation sites excluding steroid dienone is 1. The van der Waals surface area contributed by atoms with Gasteiger partial charge >= 0.3 is 5.97 Å². The Labute approximate surface area is 171 Å². The third kappa shape index (κ3) is 3.10. The number of aliphatic hydroxyl groups excluding tert-OH is 2. The Balaban J connectivity index is 1.62. The standard InChI is InChI=1S/C23H32O6/c1-22-8-7-13(24)9-12(22)3-4-14-15-5-6-16(21(29)17(25)10-19(27)28)23(15,2)11-18(26)20(14)22/h9,14-18,20,25-26H,3-8,10-11H2,1-2H3,(H,27,28)/t14-,15-,16+,17?,18-,20+,22-,23-/m0/s1. The zero-order chi connectivity index (χ0) is 21.1. The van der Waals surface area contributed by atoms with E-state index in [9.17, 15) is 24.6 Å². The molecule has 3 N–H and O–H groups in total. The smallest absolute Gasteiger partial charge is 0.306 e. The van der Waals surface area contributed by atoms with Gasteiger partial charge in [-0.25, -0.2) is 0 Å². The topological polar surface area (TPSA) is 112 Å². The van der Waals surface area contributed by atoms with E-state index in [0.29, 0.717) is 19.3 Å². The van der Waals surface area contributed by atoms with E-state index in [0.717, 1.165) is 25.7 Å². The molecule has 4 aliphatic carbocycles. The number of aliphatic carboxylic acids is 1. The van der Waals surface area contributed by atoms with Crippen molar-refractivity contribution in [1.29, 1.82) is 0 Å². The molecule has 3 saturated carbocycles. The van der Waals surface area contributed by atoms with Crippen LogP contribution in [0, 0.1) is 34.5 Å². The number of rotatable bonds is 4. The quantitative estimate of drug-likeness (QED) is 0.664. The lowest BCUT2D eigenvalue weighted by Gasteiger charge is -2.59. The Morgan fingerprint density at radius 1 is 1.21 bits per heavy atom. The number of carboxylic acids is 1. The van der Waals surface area contributed by atoms with Crippen molar-refractivity contribution in [3.63, 3.8) is 0 Å². The van der Waals surface area contributed by atoms with Crippen LogP contribution in [0.25, 0.3) is 0 Å². The first-order valence-corrected chi connectivity index (χ1v) is 10.9. The Hall–Kier alpha value is -1.53. The average molecular weight is 405 g/mol. The number of ketones is 2. The molecule has 6 heteroatoms. The summed E-state index contributed by atoms with van der Waals surface area (Å²) in [6, 6.07) is 0. The highest BCUT2D eigenvalue weighted by atomic mass is 16.4. The minimum atomic E-state index is -1.48. The van der Waals surface area contributed by atoms with Crippen LogP contribution in [0.1, 0.15) is 65.2 Å². The fourth-order valence-electron chi connectivity index (χ4n) is 7.65. The summed E-state index contributed by atoms with van der Waals surface area (Å²) < 4.78 is 0. The lowest BCUT2D eigenvalue weighted by molar-refractivity contribution is -0.153. The Morgan fingerprint density at radius 3 is 2.62 bits per heavy atom. The van der Waals surface area contributed by atoms with Crippen LogP contribution in [0.4, 0.5) is 0 Å². The number of hydrogen-bond donors (Lipinski definition) is 3. The van der Waals surface area contributed by atoms with Crippen molar-refractivity contribution in [2.45, 2.75) is 77.4 Å². The Bertz CT molecular complexity index is 771. The molecule has 160 valence electrons. The van der Waals surface area contributed by atoms with Crippen LogP contribution >= 0.6 is 0 Å². The number of fused-ring (bicyclic) bond motifs is 5. The van der Waals surface area contributed by atoms with E-state index in [1.54, 1.807) is 0 Å². The molecule has 0 amide bonds. The van der Waals surface area contributed by atoms with E-state index in [1.807, 2.05) is 6.08 Å². The van der Waals surface area contributed by atoms with Gasteiger partial charge in [-0.1, -0.05) is 19.4 Å². The van der Waals surface area contributed by atoms with Gasteiger partial charge in [0.1, 0.15) is 6.10 Å². The first-order chi connectivity index (χ1) is 13.6. The normalized spacial score (nSPS) is 44.9. The second kappa shape index (κ2) is 7.02. The van der Waals surface area contributed by atoms with Crippen LogP contribution in [0.15, 0.2) is 11.6 Å². The molecule has 0 spiro atoms. The SMILES string of the molecule is C[C@]12C[C@H](O)[C@H]3[C@@H](CCC4=CC(=O)CC[C@@]43C)[C@@H]1CC[C@@H]2C(=O)C(O)CC(=O)O. The van der Waals surface area contributed by atoms with Gasteiger partial charge in [0, 0.05) is 12.3 Å². The fraction of sp³-hybridized carbons (Fsp3) is 0.783. The predicted octanol–water partition coefficient (Wildman–Crippen LogP) is 2.51. The molecule has 0 aliphatic heterocycles. The second-order valence-corrected chi connectivity index (χ2v) is 10.3. The molecule has 0 saturated heterocycles. The molecule has 0 aromatic heterocycles. The summed E-state index contributed by atoms with van der Waals surface area (Å²) in [6.07, 6.45) is 4.29. The molecule has 6 nitrogen and oxygen atoms in total. The van der Waals surface area contributed by atoms with E-state index in [-0.39, 0.29) is 34.7 Å². The summed E-state index contributed by atoms with van der Waals surface area (Å²) >= 11 is 0. The first-order valence-electron chi connectivity index (χ1n) is 10.9. The maximum atomic E-state index is 12.9. The van der Waals surface area contributed by atoms with E-state index in [4.69, 9.17) is 5.11 Å². The van der Waals surface area contributed by atoms with Crippen LogP contribution in [-0.2, 0) is 14.4 Å².